The number of carbonyl (C=O) groups is 1. The zero-order valence-electron chi connectivity index (χ0n) is 17.1. The Labute approximate surface area is 187 Å². The van der Waals surface area contributed by atoms with Gasteiger partial charge in [0.15, 0.2) is 6.04 Å². The van der Waals surface area contributed by atoms with Crippen molar-refractivity contribution < 1.29 is 18.0 Å². The van der Waals surface area contributed by atoms with Crippen molar-refractivity contribution in [3.05, 3.63) is 64.5 Å². The summed E-state index contributed by atoms with van der Waals surface area (Å²) in [4.78, 5) is 18.0. The van der Waals surface area contributed by atoms with Gasteiger partial charge in [0.2, 0.25) is 0 Å². The summed E-state index contributed by atoms with van der Waals surface area (Å²) in [5.41, 5.74) is 1.28. The maximum absolute atomic E-state index is 13.8. The van der Waals surface area contributed by atoms with Crippen LogP contribution in [0.5, 0.6) is 0 Å². The standard InChI is InChI=1S/C22H22F3N5OS/c23-22(24,25)19-13-17(18-7-4-12-32-18)27-20-16(14-26-30(19)20)21(31)29-10-8-28(9-11-29)15-5-2-1-3-6-15/h1-7,12,14,17,19,27H,8-11,13H2/t17-,19-/m1/s1. The van der Waals surface area contributed by atoms with E-state index in [1.54, 1.807) is 4.90 Å². The van der Waals surface area contributed by atoms with E-state index in [4.69, 9.17) is 0 Å². The first-order valence-electron chi connectivity index (χ1n) is 10.5. The van der Waals surface area contributed by atoms with Crippen LogP contribution in [0.2, 0.25) is 0 Å². The molecule has 2 aliphatic rings. The first-order valence-corrected chi connectivity index (χ1v) is 11.3. The van der Waals surface area contributed by atoms with Crippen molar-refractivity contribution in [3.63, 3.8) is 0 Å². The van der Waals surface area contributed by atoms with Crippen LogP contribution in [0.15, 0.2) is 54.0 Å². The number of benzene rings is 1. The third-order valence-electron chi connectivity index (χ3n) is 6.04. The molecular formula is C22H22F3N5OS. The predicted octanol–water partition coefficient (Wildman–Crippen LogP) is 4.57. The summed E-state index contributed by atoms with van der Waals surface area (Å²) in [5, 5.41) is 8.97. The number of nitrogens with zero attached hydrogens (tertiary/aromatic N) is 4. The second kappa shape index (κ2) is 8.16. The summed E-state index contributed by atoms with van der Waals surface area (Å²) in [7, 11) is 0. The van der Waals surface area contributed by atoms with E-state index in [1.165, 1.54) is 17.5 Å². The van der Waals surface area contributed by atoms with Crippen molar-refractivity contribution in [2.24, 2.45) is 0 Å². The highest BCUT2D eigenvalue weighted by Crippen LogP contribution is 2.45. The monoisotopic (exact) mass is 461 g/mol. The molecule has 2 aliphatic heterocycles. The van der Waals surface area contributed by atoms with Crippen LogP contribution in [0.4, 0.5) is 24.7 Å². The van der Waals surface area contributed by atoms with E-state index in [0.29, 0.717) is 26.2 Å². The van der Waals surface area contributed by atoms with Gasteiger partial charge in [-0.05, 0) is 23.6 Å². The molecule has 1 saturated heterocycles. The number of rotatable bonds is 3. The Hall–Kier alpha value is -3.01. The van der Waals surface area contributed by atoms with Crippen LogP contribution in [-0.2, 0) is 0 Å². The topological polar surface area (TPSA) is 53.4 Å². The molecule has 1 fully saturated rings. The number of aromatic nitrogens is 2. The van der Waals surface area contributed by atoms with Crippen molar-refractivity contribution in [2.45, 2.75) is 24.7 Å². The van der Waals surface area contributed by atoms with Crippen molar-refractivity contribution >= 4 is 28.7 Å². The van der Waals surface area contributed by atoms with Gasteiger partial charge in [-0.2, -0.15) is 18.3 Å². The van der Waals surface area contributed by atoms with Crippen molar-refractivity contribution in [1.82, 2.24) is 14.7 Å². The van der Waals surface area contributed by atoms with Crippen LogP contribution in [0, 0.1) is 0 Å². The first kappa shape index (κ1) is 20.9. The molecule has 10 heteroatoms. The van der Waals surface area contributed by atoms with E-state index in [0.717, 1.165) is 15.2 Å². The third kappa shape index (κ3) is 3.83. The van der Waals surface area contributed by atoms with E-state index in [-0.39, 0.29) is 23.7 Å². The fourth-order valence-corrected chi connectivity index (χ4v) is 5.16. The van der Waals surface area contributed by atoms with E-state index in [1.807, 2.05) is 47.8 Å². The van der Waals surface area contributed by atoms with Gasteiger partial charge in [-0.25, -0.2) is 4.68 Å². The molecule has 5 rings (SSSR count). The molecule has 168 valence electrons. The number of hydrogen-bond donors (Lipinski definition) is 1. The molecule has 32 heavy (non-hydrogen) atoms. The first-order chi connectivity index (χ1) is 15.4. The number of amides is 1. The molecule has 1 N–H and O–H groups in total. The zero-order chi connectivity index (χ0) is 22.3. The lowest BCUT2D eigenvalue weighted by Crippen LogP contribution is -2.49. The Morgan fingerprint density at radius 3 is 2.47 bits per heavy atom. The predicted molar refractivity (Wildman–Crippen MR) is 117 cm³/mol. The minimum atomic E-state index is -4.46. The number of halogens is 3. The Bertz CT molecular complexity index is 1070. The Morgan fingerprint density at radius 1 is 1.06 bits per heavy atom. The van der Waals surface area contributed by atoms with Gasteiger partial charge < -0.3 is 15.1 Å². The van der Waals surface area contributed by atoms with Crippen molar-refractivity contribution in [3.8, 4) is 0 Å². The molecule has 4 heterocycles. The number of nitrogens with one attached hydrogen (secondary N) is 1. The molecule has 2 aromatic heterocycles. The van der Waals surface area contributed by atoms with Gasteiger partial charge in [0.05, 0.1) is 12.2 Å². The Balaban J connectivity index is 1.38. The quantitative estimate of drug-likeness (QED) is 0.621. The summed E-state index contributed by atoms with van der Waals surface area (Å²) >= 11 is 1.40. The zero-order valence-corrected chi connectivity index (χ0v) is 17.9. The Morgan fingerprint density at radius 2 is 1.81 bits per heavy atom. The molecule has 0 saturated carbocycles. The molecule has 0 unspecified atom stereocenters. The molecule has 2 atom stereocenters. The van der Waals surface area contributed by atoms with Crippen LogP contribution >= 0.6 is 11.3 Å². The molecule has 0 spiro atoms. The highest BCUT2D eigenvalue weighted by atomic mass is 32.1. The molecule has 6 nitrogen and oxygen atoms in total. The number of para-hydroxylation sites is 1. The van der Waals surface area contributed by atoms with Crippen LogP contribution in [0.25, 0.3) is 0 Å². The van der Waals surface area contributed by atoms with Gasteiger partial charge in [-0.15, -0.1) is 11.3 Å². The summed E-state index contributed by atoms with van der Waals surface area (Å²) in [5.74, 6) is -0.147. The SMILES string of the molecule is O=C(c1cnn2c1N[C@@H](c1cccs1)C[C@@H]2C(F)(F)F)N1CCN(c2ccccc2)CC1. The maximum Gasteiger partial charge on any atom is 0.410 e. The van der Waals surface area contributed by atoms with Crippen molar-refractivity contribution in [1.29, 1.82) is 0 Å². The van der Waals surface area contributed by atoms with Crippen LogP contribution in [-0.4, -0.2) is 52.9 Å². The molecule has 3 aromatic rings. The number of carbonyl (C=O) groups excluding carboxylic acids is 1. The lowest BCUT2D eigenvalue weighted by atomic mass is 10.0. The minimum absolute atomic E-state index is 0.146. The molecular weight excluding hydrogens is 439 g/mol. The fraction of sp³-hybridized carbons (Fsp3) is 0.364. The lowest BCUT2D eigenvalue weighted by molar-refractivity contribution is -0.173. The van der Waals surface area contributed by atoms with Gasteiger partial charge in [0.25, 0.3) is 5.91 Å². The summed E-state index contributed by atoms with van der Waals surface area (Å²) in [6, 6.07) is 11.3. The van der Waals surface area contributed by atoms with Crippen LogP contribution in [0.3, 0.4) is 0 Å². The van der Waals surface area contributed by atoms with Crippen LogP contribution < -0.4 is 10.2 Å². The number of anilines is 2. The van der Waals surface area contributed by atoms with Gasteiger partial charge >= 0.3 is 6.18 Å². The van der Waals surface area contributed by atoms with E-state index in [2.05, 4.69) is 15.3 Å². The van der Waals surface area contributed by atoms with Gasteiger partial charge in [0.1, 0.15) is 11.4 Å². The second-order valence-corrected chi connectivity index (χ2v) is 8.95. The molecule has 0 radical (unpaired) electrons. The average Bonchev–Trinajstić information content (AvgIpc) is 3.48. The molecule has 1 amide bonds. The van der Waals surface area contributed by atoms with Crippen LogP contribution in [0.1, 0.15) is 33.7 Å². The fourth-order valence-electron chi connectivity index (χ4n) is 4.37. The molecule has 0 aliphatic carbocycles. The minimum Gasteiger partial charge on any atom is -0.368 e. The van der Waals surface area contributed by atoms with Crippen molar-refractivity contribution in [2.75, 3.05) is 36.4 Å². The molecule has 1 aromatic carbocycles. The largest absolute Gasteiger partial charge is 0.410 e. The van der Waals surface area contributed by atoms with Gasteiger partial charge in [0, 0.05) is 43.2 Å². The van der Waals surface area contributed by atoms with Gasteiger partial charge in [-0.3, -0.25) is 4.79 Å². The Kier molecular flexibility index (Phi) is 5.32. The van der Waals surface area contributed by atoms with E-state index >= 15 is 0 Å². The third-order valence-corrected chi connectivity index (χ3v) is 7.03. The number of hydrogen-bond acceptors (Lipinski definition) is 5. The summed E-state index contributed by atoms with van der Waals surface area (Å²) in [6.07, 6.45) is -3.36. The molecule has 0 bridgehead atoms. The highest BCUT2D eigenvalue weighted by molar-refractivity contribution is 7.10. The van der Waals surface area contributed by atoms with E-state index in [9.17, 15) is 18.0 Å². The van der Waals surface area contributed by atoms with Gasteiger partial charge in [-0.1, -0.05) is 24.3 Å². The van der Waals surface area contributed by atoms with E-state index < -0.39 is 18.3 Å². The lowest BCUT2D eigenvalue weighted by Gasteiger charge is -2.37. The average molecular weight is 462 g/mol. The second-order valence-electron chi connectivity index (χ2n) is 7.97. The maximum atomic E-state index is 13.8. The smallest absolute Gasteiger partial charge is 0.368 e. The summed E-state index contributed by atoms with van der Waals surface area (Å²) in [6.45, 7) is 2.32. The number of fused-ring (bicyclic) bond motifs is 1. The number of piperazine rings is 1. The number of thiophene rings is 1. The highest BCUT2D eigenvalue weighted by Gasteiger charge is 2.47. The normalized spacial score (nSPS) is 21.2. The summed E-state index contributed by atoms with van der Waals surface area (Å²) < 4.78 is 42.4. The number of alkyl halides is 3.